The van der Waals surface area contributed by atoms with Crippen molar-refractivity contribution in [3.63, 3.8) is 0 Å². The number of nitrogens with zero attached hydrogens (tertiary/aromatic N) is 4. The van der Waals surface area contributed by atoms with E-state index in [-0.39, 0.29) is 49.4 Å². The van der Waals surface area contributed by atoms with Crippen molar-refractivity contribution < 1.29 is 31.2 Å². The number of hydrogen-bond donors (Lipinski definition) is 1. The van der Waals surface area contributed by atoms with Gasteiger partial charge >= 0.3 is 0 Å². The number of oxazole rings is 1. The summed E-state index contributed by atoms with van der Waals surface area (Å²) < 4.78 is 59.8. The van der Waals surface area contributed by atoms with Gasteiger partial charge in [0.25, 0.3) is 5.91 Å². The first-order valence-electron chi connectivity index (χ1n) is 15.0. The Hall–Kier alpha value is -4.15. The minimum absolute atomic E-state index is 0.0258. The number of carbonyl (C=O) groups is 2. The van der Waals surface area contributed by atoms with Crippen LogP contribution in [0.15, 0.2) is 46.9 Å². The largest absolute Gasteiger partial charge is 0.440 e. The molecule has 2 amide bonds. The maximum atomic E-state index is 14.9. The summed E-state index contributed by atoms with van der Waals surface area (Å²) in [5, 5.41) is 12.5. The molecule has 2 aliphatic carbocycles. The fourth-order valence-electron chi connectivity index (χ4n) is 6.22. The highest BCUT2D eigenvalue weighted by molar-refractivity contribution is 7.88. The molecule has 1 aromatic heterocycles. The second-order valence-corrected chi connectivity index (χ2v) is 14.1. The van der Waals surface area contributed by atoms with E-state index in [1.807, 2.05) is 0 Å². The van der Waals surface area contributed by atoms with Crippen molar-refractivity contribution >= 4 is 21.8 Å². The Morgan fingerprint density at radius 3 is 2.36 bits per heavy atom. The van der Waals surface area contributed by atoms with Gasteiger partial charge < -0.3 is 14.6 Å². The number of amides is 2. The lowest BCUT2D eigenvalue weighted by molar-refractivity contribution is -0.127. The minimum Gasteiger partial charge on any atom is -0.440 e. The summed E-state index contributed by atoms with van der Waals surface area (Å²) in [7, 11) is -3.33. The summed E-state index contributed by atoms with van der Waals surface area (Å²) in [6.07, 6.45) is 5.21. The van der Waals surface area contributed by atoms with Crippen molar-refractivity contribution in [1.29, 1.82) is 5.26 Å². The van der Waals surface area contributed by atoms with Crippen LogP contribution in [0.3, 0.4) is 0 Å². The number of nitrogens with one attached hydrogen (secondary N) is 1. The van der Waals surface area contributed by atoms with Gasteiger partial charge in [-0.05, 0) is 49.9 Å². The Morgan fingerprint density at radius 1 is 1.04 bits per heavy atom. The van der Waals surface area contributed by atoms with Crippen LogP contribution in [0.1, 0.15) is 60.6 Å². The predicted octanol–water partition coefficient (Wildman–Crippen LogP) is 4.45. The van der Waals surface area contributed by atoms with Crippen molar-refractivity contribution in [2.45, 2.75) is 50.0 Å². The van der Waals surface area contributed by atoms with E-state index in [9.17, 15) is 32.0 Å². The van der Waals surface area contributed by atoms with E-state index in [1.54, 1.807) is 29.2 Å². The molecular weight excluding hydrogens is 604 g/mol. The van der Waals surface area contributed by atoms with Crippen LogP contribution in [0.4, 0.5) is 8.78 Å². The number of carbonyl (C=O) groups excluding carboxylic acids is 2. The van der Waals surface area contributed by atoms with Gasteiger partial charge in [-0.25, -0.2) is 22.2 Å². The molecule has 6 rings (SSSR count). The average Bonchev–Trinajstić information content (AvgIpc) is 3.67. The second-order valence-electron chi connectivity index (χ2n) is 12.1. The molecule has 2 aromatic carbocycles. The quantitative estimate of drug-likeness (QED) is 0.404. The van der Waals surface area contributed by atoms with Gasteiger partial charge in [0.15, 0.2) is 0 Å². The van der Waals surface area contributed by atoms with Gasteiger partial charge in [-0.2, -0.15) is 9.57 Å². The molecular formula is C32H33F2N5O5S. The van der Waals surface area contributed by atoms with Gasteiger partial charge in [-0.3, -0.25) is 9.59 Å². The highest BCUT2D eigenvalue weighted by atomic mass is 32.2. The van der Waals surface area contributed by atoms with Crippen molar-refractivity contribution in [3.8, 4) is 28.8 Å². The molecule has 3 fully saturated rings. The van der Waals surface area contributed by atoms with Gasteiger partial charge in [-0.1, -0.05) is 25.0 Å². The summed E-state index contributed by atoms with van der Waals surface area (Å²) in [5.74, 6) is -2.60. The fourth-order valence-corrected chi connectivity index (χ4v) is 7.05. The summed E-state index contributed by atoms with van der Waals surface area (Å²) in [6.45, 7) is 0.983. The van der Waals surface area contributed by atoms with Gasteiger partial charge in [0.2, 0.25) is 21.8 Å². The highest BCUT2D eigenvalue weighted by Crippen LogP contribution is 2.45. The zero-order valence-electron chi connectivity index (χ0n) is 24.8. The fraction of sp³-hybridized carbons (Fsp3) is 0.438. The van der Waals surface area contributed by atoms with E-state index >= 15 is 0 Å². The molecule has 2 atom stereocenters. The average molecular weight is 638 g/mol. The standard InChI is InChI=1S/C32H33F2N5O5S/c1-45(42,43)39-16-14-38(15-17-39)31(41)21-8-6-20(7-9-21)27-28(44-30(36-27)25-11-10-22(33)18-26(25)34)23-4-2-3-5-24(23)29(40)37-32(19-35)12-13-32/h6-11,18,23-24H,2-5,12-17H2,1H3,(H,37,40). The maximum Gasteiger partial charge on any atom is 0.253 e. The molecule has 1 N–H and O–H groups in total. The van der Waals surface area contributed by atoms with Crippen LogP contribution in [0.2, 0.25) is 0 Å². The maximum absolute atomic E-state index is 14.9. The van der Waals surface area contributed by atoms with Crippen molar-refractivity contribution in [3.05, 3.63) is 65.4 Å². The summed E-state index contributed by atoms with van der Waals surface area (Å²) >= 11 is 0. The van der Waals surface area contributed by atoms with Crippen LogP contribution in [-0.2, 0) is 14.8 Å². The molecule has 0 radical (unpaired) electrons. The number of sulfonamides is 1. The zero-order chi connectivity index (χ0) is 31.9. The lowest BCUT2D eigenvalue weighted by Gasteiger charge is -2.33. The van der Waals surface area contributed by atoms with E-state index in [1.165, 1.54) is 10.4 Å². The third-order valence-electron chi connectivity index (χ3n) is 8.98. The highest BCUT2D eigenvalue weighted by Gasteiger charge is 2.47. The lowest BCUT2D eigenvalue weighted by atomic mass is 9.76. The minimum atomic E-state index is -3.33. The Labute approximate surface area is 260 Å². The van der Waals surface area contributed by atoms with Gasteiger partial charge in [0.1, 0.15) is 28.6 Å². The lowest BCUT2D eigenvalue weighted by Crippen LogP contribution is -2.50. The van der Waals surface area contributed by atoms with Crippen LogP contribution in [0.5, 0.6) is 0 Å². The van der Waals surface area contributed by atoms with Gasteiger partial charge in [0, 0.05) is 55.2 Å². The molecule has 3 aromatic rings. The first kappa shape index (κ1) is 30.9. The molecule has 10 nitrogen and oxygen atoms in total. The third kappa shape index (κ3) is 6.35. The van der Waals surface area contributed by atoms with Crippen LogP contribution < -0.4 is 5.32 Å². The molecule has 2 saturated carbocycles. The van der Waals surface area contributed by atoms with Crippen LogP contribution in [-0.4, -0.2) is 72.4 Å². The summed E-state index contributed by atoms with van der Waals surface area (Å²) in [6, 6.07) is 12.0. The van der Waals surface area contributed by atoms with E-state index in [0.717, 1.165) is 31.2 Å². The Kier molecular flexibility index (Phi) is 8.22. The normalized spacial score (nSPS) is 21.6. The molecule has 13 heteroatoms. The molecule has 0 spiro atoms. The smallest absolute Gasteiger partial charge is 0.253 e. The van der Waals surface area contributed by atoms with Crippen molar-refractivity contribution in [2.24, 2.45) is 5.92 Å². The SMILES string of the molecule is CS(=O)(=O)N1CCN(C(=O)c2ccc(-c3nc(-c4ccc(F)cc4F)oc3C3CCCCC3C(=O)NC3(C#N)CC3)cc2)CC1. The molecule has 2 unspecified atom stereocenters. The Morgan fingerprint density at radius 2 is 1.73 bits per heavy atom. The number of hydrogen-bond acceptors (Lipinski definition) is 7. The molecule has 2 heterocycles. The number of benzene rings is 2. The Bertz CT molecular complexity index is 1770. The first-order valence-corrected chi connectivity index (χ1v) is 16.9. The van der Waals surface area contributed by atoms with E-state index in [4.69, 9.17) is 4.42 Å². The number of piperazine rings is 1. The topological polar surface area (TPSA) is 137 Å². The zero-order valence-corrected chi connectivity index (χ0v) is 25.6. The van der Waals surface area contributed by atoms with Crippen LogP contribution >= 0.6 is 0 Å². The third-order valence-corrected chi connectivity index (χ3v) is 10.3. The van der Waals surface area contributed by atoms with E-state index in [2.05, 4.69) is 16.4 Å². The summed E-state index contributed by atoms with van der Waals surface area (Å²) in [5.41, 5.74) is 0.526. The summed E-state index contributed by atoms with van der Waals surface area (Å²) in [4.78, 5) is 32.9. The second kappa shape index (κ2) is 12.0. The van der Waals surface area contributed by atoms with E-state index in [0.29, 0.717) is 48.3 Å². The van der Waals surface area contributed by atoms with Gasteiger partial charge in [-0.15, -0.1) is 0 Å². The molecule has 236 valence electrons. The molecule has 45 heavy (non-hydrogen) atoms. The molecule has 1 saturated heterocycles. The molecule has 0 bridgehead atoms. The molecule has 1 aliphatic heterocycles. The number of nitriles is 1. The molecule has 3 aliphatic rings. The number of rotatable bonds is 7. The van der Waals surface area contributed by atoms with E-state index < -0.39 is 39.0 Å². The van der Waals surface area contributed by atoms with Crippen molar-refractivity contribution in [2.75, 3.05) is 32.4 Å². The Balaban J connectivity index is 1.32. The van der Waals surface area contributed by atoms with Crippen LogP contribution in [0, 0.1) is 28.9 Å². The first-order chi connectivity index (χ1) is 21.5. The number of aromatic nitrogens is 1. The monoisotopic (exact) mass is 637 g/mol. The van der Waals surface area contributed by atoms with Crippen molar-refractivity contribution in [1.82, 2.24) is 19.5 Å². The van der Waals surface area contributed by atoms with Crippen LogP contribution in [0.25, 0.3) is 22.7 Å². The predicted molar refractivity (Wildman–Crippen MR) is 160 cm³/mol. The van der Waals surface area contributed by atoms with Gasteiger partial charge in [0.05, 0.1) is 17.9 Å². The number of halogens is 2.